The molecule has 0 spiro atoms. The zero-order chi connectivity index (χ0) is 22.7. The Kier molecular flexibility index (Phi) is 6.58. The van der Waals surface area contributed by atoms with Gasteiger partial charge in [0.1, 0.15) is 23.9 Å². The smallest absolute Gasteiger partial charge is 0.329 e. The quantitative estimate of drug-likeness (QED) is 0.328. The van der Waals surface area contributed by atoms with E-state index in [-0.39, 0.29) is 17.8 Å². The van der Waals surface area contributed by atoms with E-state index in [0.29, 0.717) is 22.9 Å². The summed E-state index contributed by atoms with van der Waals surface area (Å²) in [6, 6.07) is 18.1. The van der Waals surface area contributed by atoms with E-state index < -0.39 is 17.8 Å². The van der Waals surface area contributed by atoms with Crippen molar-refractivity contribution in [3.05, 3.63) is 104 Å². The molecule has 4 rings (SSSR count). The SMILES string of the molecule is O=C1N/C(=C/c2cc(Br)ccc2OCc2ccc(Cl)cc2)C(=O)N1Cc1ccccc1F. The van der Waals surface area contributed by atoms with Crippen LogP contribution in [0.4, 0.5) is 9.18 Å². The van der Waals surface area contributed by atoms with Gasteiger partial charge in [0, 0.05) is 20.6 Å². The summed E-state index contributed by atoms with van der Waals surface area (Å²) >= 11 is 9.34. The zero-order valence-corrected chi connectivity index (χ0v) is 19.0. The number of hydrogen-bond donors (Lipinski definition) is 1. The van der Waals surface area contributed by atoms with Crippen LogP contribution in [0.2, 0.25) is 5.02 Å². The van der Waals surface area contributed by atoms with Gasteiger partial charge in [0.15, 0.2) is 0 Å². The number of nitrogens with one attached hydrogen (secondary N) is 1. The summed E-state index contributed by atoms with van der Waals surface area (Å²) in [4.78, 5) is 26.2. The molecule has 32 heavy (non-hydrogen) atoms. The molecule has 0 saturated carbocycles. The molecule has 3 amide bonds. The van der Waals surface area contributed by atoms with E-state index in [1.165, 1.54) is 12.1 Å². The van der Waals surface area contributed by atoms with E-state index in [0.717, 1.165) is 14.9 Å². The van der Waals surface area contributed by atoms with Crippen LogP contribution in [0.15, 0.2) is 76.9 Å². The van der Waals surface area contributed by atoms with Gasteiger partial charge in [0.25, 0.3) is 5.91 Å². The lowest BCUT2D eigenvalue weighted by atomic mass is 10.1. The van der Waals surface area contributed by atoms with Gasteiger partial charge >= 0.3 is 6.03 Å². The number of nitrogens with zero attached hydrogens (tertiary/aromatic N) is 1. The maximum atomic E-state index is 14.0. The van der Waals surface area contributed by atoms with Gasteiger partial charge in [0.05, 0.1) is 6.54 Å². The lowest BCUT2D eigenvalue weighted by Crippen LogP contribution is -2.30. The molecule has 1 N–H and O–H groups in total. The number of urea groups is 1. The predicted molar refractivity (Wildman–Crippen MR) is 123 cm³/mol. The lowest BCUT2D eigenvalue weighted by molar-refractivity contribution is -0.123. The molecular weight excluding hydrogens is 499 g/mol. The Morgan fingerprint density at radius 2 is 1.81 bits per heavy atom. The first-order valence-corrected chi connectivity index (χ1v) is 10.8. The van der Waals surface area contributed by atoms with Crippen LogP contribution in [-0.4, -0.2) is 16.8 Å². The highest BCUT2D eigenvalue weighted by atomic mass is 79.9. The molecule has 0 radical (unpaired) electrons. The molecule has 3 aromatic carbocycles. The van der Waals surface area contributed by atoms with Crippen molar-refractivity contribution in [3.8, 4) is 5.75 Å². The van der Waals surface area contributed by atoms with Gasteiger partial charge in [-0.05, 0) is 48.0 Å². The molecule has 1 heterocycles. The zero-order valence-electron chi connectivity index (χ0n) is 16.6. The van der Waals surface area contributed by atoms with Gasteiger partial charge in [-0.3, -0.25) is 9.69 Å². The van der Waals surface area contributed by atoms with E-state index in [4.69, 9.17) is 16.3 Å². The fraction of sp³-hybridized carbons (Fsp3) is 0.0833. The third-order valence-corrected chi connectivity index (χ3v) is 5.57. The van der Waals surface area contributed by atoms with Crippen LogP contribution in [0, 0.1) is 5.82 Å². The van der Waals surface area contributed by atoms with Gasteiger partial charge in [-0.2, -0.15) is 0 Å². The van der Waals surface area contributed by atoms with E-state index in [1.54, 1.807) is 42.5 Å². The van der Waals surface area contributed by atoms with Crippen molar-refractivity contribution in [1.29, 1.82) is 0 Å². The fourth-order valence-electron chi connectivity index (χ4n) is 3.17. The van der Waals surface area contributed by atoms with Crippen molar-refractivity contribution in [2.75, 3.05) is 0 Å². The first-order valence-electron chi connectivity index (χ1n) is 9.65. The number of benzene rings is 3. The molecule has 1 fully saturated rings. The number of hydrogen-bond acceptors (Lipinski definition) is 3. The van der Waals surface area contributed by atoms with Crippen molar-refractivity contribution < 1.29 is 18.7 Å². The van der Waals surface area contributed by atoms with E-state index in [1.807, 2.05) is 18.2 Å². The third kappa shape index (κ3) is 5.00. The topological polar surface area (TPSA) is 58.6 Å². The Bertz CT molecular complexity index is 1210. The minimum Gasteiger partial charge on any atom is -0.488 e. The summed E-state index contributed by atoms with van der Waals surface area (Å²) in [5, 5.41) is 3.20. The highest BCUT2D eigenvalue weighted by molar-refractivity contribution is 9.10. The second-order valence-electron chi connectivity index (χ2n) is 7.07. The Hall–Kier alpha value is -3.16. The molecule has 0 unspecified atom stereocenters. The van der Waals surface area contributed by atoms with E-state index in [9.17, 15) is 14.0 Å². The first-order chi connectivity index (χ1) is 15.4. The molecule has 0 aromatic heterocycles. The molecule has 1 saturated heterocycles. The summed E-state index contributed by atoms with van der Waals surface area (Å²) in [5.74, 6) is -0.484. The average Bonchev–Trinajstić information content (AvgIpc) is 3.03. The Morgan fingerprint density at radius 3 is 2.56 bits per heavy atom. The number of halogens is 3. The van der Waals surface area contributed by atoms with Crippen LogP contribution in [0.1, 0.15) is 16.7 Å². The summed E-state index contributed by atoms with van der Waals surface area (Å²) in [6.45, 7) is 0.141. The predicted octanol–water partition coefficient (Wildman–Crippen LogP) is 5.91. The molecule has 1 aliphatic heterocycles. The highest BCUT2D eigenvalue weighted by Gasteiger charge is 2.34. The van der Waals surface area contributed by atoms with Crippen LogP contribution in [-0.2, 0) is 17.9 Å². The molecule has 162 valence electrons. The number of amides is 3. The molecule has 0 aliphatic carbocycles. The van der Waals surface area contributed by atoms with Gasteiger partial charge in [-0.25, -0.2) is 9.18 Å². The van der Waals surface area contributed by atoms with E-state index in [2.05, 4.69) is 21.2 Å². The normalized spacial score (nSPS) is 14.7. The molecule has 0 bridgehead atoms. The van der Waals surface area contributed by atoms with Crippen molar-refractivity contribution in [3.63, 3.8) is 0 Å². The maximum absolute atomic E-state index is 14.0. The molecular formula is C24H17BrClFN2O3. The summed E-state index contributed by atoms with van der Waals surface area (Å²) < 4.78 is 20.7. The first kappa shape index (κ1) is 22.0. The molecule has 5 nitrogen and oxygen atoms in total. The van der Waals surface area contributed by atoms with Crippen LogP contribution in [0.5, 0.6) is 5.75 Å². The number of carbonyl (C=O) groups is 2. The Labute approximate surface area is 197 Å². The van der Waals surface area contributed by atoms with Gasteiger partial charge in [0.2, 0.25) is 0 Å². The maximum Gasteiger partial charge on any atom is 0.329 e. The second kappa shape index (κ2) is 9.54. The number of ether oxygens (including phenoxy) is 1. The van der Waals surface area contributed by atoms with Crippen molar-refractivity contribution in [2.24, 2.45) is 0 Å². The molecule has 0 atom stereocenters. The number of imide groups is 1. The van der Waals surface area contributed by atoms with Crippen molar-refractivity contribution >= 4 is 45.5 Å². The van der Waals surface area contributed by atoms with Gasteiger partial charge < -0.3 is 10.1 Å². The largest absolute Gasteiger partial charge is 0.488 e. The molecule has 1 aliphatic rings. The van der Waals surface area contributed by atoms with E-state index >= 15 is 0 Å². The summed E-state index contributed by atoms with van der Waals surface area (Å²) in [7, 11) is 0. The monoisotopic (exact) mass is 514 g/mol. The van der Waals surface area contributed by atoms with Crippen LogP contribution in [0.25, 0.3) is 6.08 Å². The minimum atomic E-state index is -0.608. The van der Waals surface area contributed by atoms with Gasteiger partial charge in [-0.15, -0.1) is 0 Å². The van der Waals surface area contributed by atoms with Crippen molar-refractivity contribution in [2.45, 2.75) is 13.2 Å². The van der Waals surface area contributed by atoms with Gasteiger partial charge in [-0.1, -0.05) is 57.9 Å². The number of rotatable bonds is 6. The minimum absolute atomic E-state index is 0.0841. The molecule has 3 aromatic rings. The number of carbonyl (C=O) groups excluding carboxylic acids is 2. The van der Waals surface area contributed by atoms with Crippen molar-refractivity contribution in [1.82, 2.24) is 10.2 Å². The lowest BCUT2D eigenvalue weighted by Gasteiger charge is -2.12. The average molecular weight is 516 g/mol. The second-order valence-corrected chi connectivity index (χ2v) is 8.42. The summed E-state index contributed by atoms with van der Waals surface area (Å²) in [5.41, 5.74) is 1.87. The molecule has 8 heteroatoms. The summed E-state index contributed by atoms with van der Waals surface area (Å²) in [6.07, 6.45) is 1.55. The highest BCUT2D eigenvalue weighted by Crippen LogP contribution is 2.28. The van der Waals surface area contributed by atoms with Crippen LogP contribution in [0.3, 0.4) is 0 Å². The Balaban J connectivity index is 1.55. The third-order valence-electron chi connectivity index (χ3n) is 4.83. The van der Waals surface area contributed by atoms with Crippen LogP contribution >= 0.6 is 27.5 Å². The van der Waals surface area contributed by atoms with Crippen LogP contribution < -0.4 is 10.1 Å². The fourth-order valence-corrected chi connectivity index (χ4v) is 3.68. The Morgan fingerprint density at radius 1 is 1.06 bits per heavy atom. The standard InChI is InChI=1S/C24H17BrClFN2O3/c25-18-7-10-22(32-14-15-5-8-19(26)9-6-15)17(11-18)12-21-23(30)29(24(31)28-21)13-16-3-1-2-4-20(16)27/h1-12H,13-14H2,(H,28,31)/b21-12+.